The van der Waals surface area contributed by atoms with Crippen LogP contribution < -0.4 is 9.64 Å². The minimum Gasteiger partial charge on any atom is -0.457 e. The second-order valence-electron chi connectivity index (χ2n) is 9.64. The van der Waals surface area contributed by atoms with Crippen molar-refractivity contribution in [3.8, 4) is 22.9 Å². The normalized spacial score (nSPS) is 17.5. The summed E-state index contributed by atoms with van der Waals surface area (Å²) in [4.78, 5) is 15.2. The molecule has 4 aromatic rings. The number of nitrogens with zero attached hydrogens (tertiary/aromatic N) is 4. The summed E-state index contributed by atoms with van der Waals surface area (Å²) in [5.74, 6) is 3.45. The molecule has 0 N–H and O–H groups in total. The third kappa shape index (κ3) is 4.87. The first-order chi connectivity index (χ1) is 17.3. The number of piperazine rings is 1. The quantitative estimate of drug-likeness (QED) is 0.335. The van der Waals surface area contributed by atoms with Gasteiger partial charge < -0.3 is 9.64 Å². The molecule has 0 bridgehead atoms. The van der Waals surface area contributed by atoms with Gasteiger partial charge in [0.25, 0.3) is 0 Å². The summed E-state index contributed by atoms with van der Waals surface area (Å²) in [5, 5.41) is 1.13. The predicted octanol–water partition coefficient (Wildman–Crippen LogP) is 6.54. The Hall–Kier alpha value is -3.44. The van der Waals surface area contributed by atoms with Crippen molar-refractivity contribution < 1.29 is 4.74 Å². The standard InChI is InChI=1S/C30H32N4O/c1-3-9-24(10-4-1)33-19-21-34(22-20-33)30-27-13-7-8-14-28(27)31-29(32-30)23-15-17-26(18-16-23)35-25-11-5-2-6-12-25/h2,5-8,11-18,24H,1,3-4,9-10,19-22H2. The van der Waals surface area contributed by atoms with E-state index in [-0.39, 0.29) is 0 Å². The Morgan fingerprint density at radius 1 is 0.657 bits per heavy atom. The average molecular weight is 465 g/mol. The number of ether oxygens (including phenoxy) is 1. The van der Waals surface area contributed by atoms with Gasteiger partial charge in [0, 0.05) is 43.2 Å². The van der Waals surface area contributed by atoms with Crippen LogP contribution in [0.3, 0.4) is 0 Å². The van der Waals surface area contributed by atoms with E-state index in [1.165, 1.54) is 32.1 Å². The molecule has 35 heavy (non-hydrogen) atoms. The van der Waals surface area contributed by atoms with Gasteiger partial charge in [0.05, 0.1) is 5.52 Å². The van der Waals surface area contributed by atoms with Gasteiger partial charge in [-0.3, -0.25) is 4.90 Å². The van der Waals surface area contributed by atoms with Crippen LogP contribution in [-0.4, -0.2) is 47.1 Å². The van der Waals surface area contributed by atoms with Gasteiger partial charge in [0.2, 0.25) is 0 Å². The summed E-state index contributed by atoms with van der Waals surface area (Å²) >= 11 is 0. The van der Waals surface area contributed by atoms with E-state index in [2.05, 4.69) is 34.1 Å². The highest BCUT2D eigenvalue weighted by Crippen LogP contribution is 2.31. The molecule has 6 rings (SSSR count). The summed E-state index contributed by atoms with van der Waals surface area (Å²) in [7, 11) is 0. The Bertz CT molecular complexity index is 1260. The zero-order valence-corrected chi connectivity index (χ0v) is 20.1. The molecule has 1 aliphatic carbocycles. The number of fused-ring (bicyclic) bond motifs is 1. The number of anilines is 1. The zero-order chi connectivity index (χ0) is 23.5. The molecule has 178 valence electrons. The van der Waals surface area contributed by atoms with Crippen LogP contribution in [0.15, 0.2) is 78.9 Å². The first-order valence-corrected chi connectivity index (χ1v) is 12.9. The van der Waals surface area contributed by atoms with Gasteiger partial charge in [-0.25, -0.2) is 9.97 Å². The van der Waals surface area contributed by atoms with E-state index in [9.17, 15) is 0 Å². The lowest BCUT2D eigenvalue weighted by Crippen LogP contribution is -2.51. The molecular formula is C30H32N4O. The van der Waals surface area contributed by atoms with Crippen molar-refractivity contribution >= 4 is 16.7 Å². The Morgan fingerprint density at radius 3 is 2.11 bits per heavy atom. The van der Waals surface area contributed by atoms with Gasteiger partial charge in [-0.1, -0.05) is 49.6 Å². The minimum absolute atomic E-state index is 0.764. The monoisotopic (exact) mass is 464 g/mol. The fourth-order valence-electron chi connectivity index (χ4n) is 5.47. The highest BCUT2D eigenvalue weighted by Gasteiger charge is 2.26. The van der Waals surface area contributed by atoms with Crippen LogP contribution in [0.25, 0.3) is 22.3 Å². The Balaban J connectivity index is 1.24. The zero-order valence-electron chi connectivity index (χ0n) is 20.1. The molecule has 0 amide bonds. The number of aromatic nitrogens is 2. The second-order valence-corrected chi connectivity index (χ2v) is 9.64. The maximum absolute atomic E-state index is 5.96. The van der Waals surface area contributed by atoms with E-state index in [0.717, 1.165) is 71.8 Å². The van der Waals surface area contributed by atoms with Crippen molar-refractivity contribution in [3.63, 3.8) is 0 Å². The molecular weight excluding hydrogens is 432 g/mol. The Kier molecular flexibility index (Phi) is 6.33. The molecule has 1 aromatic heterocycles. The van der Waals surface area contributed by atoms with Crippen molar-refractivity contribution in [3.05, 3.63) is 78.9 Å². The van der Waals surface area contributed by atoms with Gasteiger partial charge >= 0.3 is 0 Å². The highest BCUT2D eigenvalue weighted by atomic mass is 16.5. The van der Waals surface area contributed by atoms with Crippen LogP contribution in [0.1, 0.15) is 32.1 Å². The molecule has 0 atom stereocenters. The van der Waals surface area contributed by atoms with Crippen LogP contribution in [0, 0.1) is 0 Å². The molecule has 2 aliphatic rings. The predicted molar refractivity (Wildman–Crippen MR) is 142 cm³/mol. The van der Waals surface area contributed by atoms with Gasteiger partial charge in [-0.15, -0.1) is 0 Å². The topological polar surface area (TPSA) is 41.5 Å². The molecule has 1 saturated heterocycles. The van der Waals surface area contributed by atoms with Crippen molar-refractivity contribution in [2.45, 2.75) is 38.1 Å². The van der Waals surface area contributed by atoms with E-state index in [1.54, 1.807) is 0 Å². The maximum atomic E-state index is 5.96. The van der Waals surface area contributed by atoms with E-state index < -0.39 is 0 Å². The van der Waals surface area contributed by atoms with Crippen LogP contribution >= 0.6 is 0 Å². The summed E-state index contributed by atoms with van der Waals surface area (Å²) in [6.45, 7) is 4.26. The van der Waals surface area contributed by atoms with Crippen LogP contribution in [0.2, 0.25) is 0 Å². The lowest BCUT2D eigenvalue weighted by Gasteiger charge is -2.41. The van der Waals surface area contributed by atoms with Gasteiger partial charge in [-0.05, 0) is 61.4 Å². The largest absolute Gasteiger partial charge is 0.457 e. The summed E-state index contributed by atoms with van der Waals surface area (Å²) in [6, 6.07) is 27.1. The highest BCUT2D eigenvalue weighted by molar-refractivity contribution is 5.91. The molecule has 1 aliphatic heterocycles. The van der Waals surface area contributed by atoms with Crippen molar-refractivity contribution in [1.29, 1.82) is 0 Å². The third-order valence-electron chi connectivity index (χ3n) is 7.38. The summed E-state index contributed by atoms with van der Waals surface area (Å²) < 4.78 is 5.96. The summed E-state index contributed by atoms with van der Waals surface area (Å²) in [6.07, 6.45) is 6.92. The van der Waals surface area contributed by atoms with Crippen LogP contribution in [0.5, 0.6) is 11.5 Å². The fraction of sp³-hybridized carbons (Fsp3) is 0.333. The smallest absolute Gasteiger partial charge is 0.162 e. The van der Waals surface area contributed by atoms with E-state index in [0.29, 0.717) is 0 Å². The summed E-state index contributed by atoms with van der Waals surface area (Å²) in [5.41, 5.74) is 1.99. The fourth-order valence-corrected chi connectivity index (χ4v) is 5.47. The SMILES string of the molecule is c1ccc(Oc2ccc(-c3nc(N4CCN(C5CCCCC5)CC4)c4ccccc4n3)cc2)cc1. The van der Waals surface area contributed by atoms with Crippen LogP contribution in [-0.2, 0) is 0 Å². The van der Waals surface area contributed by atoms with Crippen molar-refractivity contribution in [1.82, 2.24) is 14.9 Å². The molecule has 3 aromatic carbocycles. The van der Waals surface area contributed by atoms with Gasteiger partial charge in [0.1, 0.15) is 17.3 Å². The van der Waals surface area contributed by atoms with E-state index >= 15 is 0 Å². The number of para-hydroxylation sites is 2. The molecule has 5 nitrogen and oxygen atoms in total. The molecule has 0 radical (unpaired) electrons. The maximum Gasteiger partial charge on any atom is 0.162 e. The van der Waals surface area contributed by atoms with Crippen molar-refractivity contribution in [2.24, 2.45) is 0 Å². The molecule has 0 spiro atoms. The van der Waals surface area contributed by atoms with Gasteiger partial charge in [-0.2, -0.15) is 0 Å². The lowest BCUT2D eigenvalue weighted by molar-refractivity contribution is 0.148. The van der Waals surface area contributed by atoms with Crippen LogP contribution in [0.4, 0.5) is 5.82 Å². The molecule has 2 fully saturated rings. The number of hydrogen-bond donors (Lipinski definition) is 0. The third-order valence-corrected chi connectivity index (χ3v) is 7.38. The molecule has 2 heterocycles. The van der Waals surface area contributed by atoms with Crippen molar-refractivity contribution in [2.75, 3.05) is 31.1 Å². The van der Waals surface area contributed by atoms with E-state index in [4.69, 9.17) is 14.7 Å². The minimum atomic E-state index is 0.764. The Labute approximate surface area is 207 Å². The van der Waals surface area contributed by atoms with Gasteiger partial charge in [0.15, 0.2) is 5.82 Å². The Morgan fingerprint density at radius 2 is 1.34 bits per heavy atom. The van der Waals surface area contributed by atoms with E-state index in [1.807, 2.05) is 54.6 Å². The molecule has 5 heteroatoms. The number of rotatable bonds is 5. The number of benzene rings is 3. The lowest BCUT2D eigenvalue weighted by atomic mass is 9.94. The molecule has 1 saturated carbocycles. The molecule has 0 unspecified atom stereocenters. The first kappa shape index (κ1) is 22.1. The average Bonchev–Trinajstić information content (AvgIpc) is 2.94. The second kappa shape index (κ2) is 10.0. The number of hydrogen-bond acceptors (Lipinski definition) is 5. The first-order valence-electron chi connectivity index (χ1n) is 12.9.